The average Bonchev–Trinajstić information content (AvgIpc) is 3.00. The van der Waals surface area contributed by atoms with Gasteiger partial charge in [0, 0.05) is 0 Å². The van der Waals surface area contributed by atoms with E-state index in [-0.39, 0.29) is 17.1 Å². The van der Waals surface area contributed by atoms with Crippen LogP contribution in [-0.4, -0.2) is 30.0 Å². The molecule has 0 aromatic heterocycles. The second-order valence-electron chi connectivity index (χ2n) is 5.57. The van der Waals surface area contributed by atoms with Gasteiger partial charge in [-0.2, -0.15) is 0 Å². The molecule has 0 heterocycles. The predicted octanol–water partition coefficient (Wildman–Crippen LogP) is 1.45. The van der Waals surface area contributed by atoms with Crippen molar-refractivity contribution in [2.45, 2.75) is 44.3 Å². The molecule has 2 aliphatic carbocycles. The van der Waals surface area contributed by atoms with Gasteiger partial charge in [-0.1, -0.05) is 20.3 Å². The SMILES string of the molecule is CCC1CC1(C(=O)O)S(=O)(=O)CC1(C)CC1. The zero-order chi connectivity index (χ0) is 12.2. The molecule has 2 aliphatic rings. The maximum atomic E-state index is 12.2. The van der Waals surface area contributed by atoms with Crippen LogP contribution in [0.4, 0.5) is 0 Å². The van der Waals surface area contributed by atoms with Gasteiger partial charge in [0.1, 0.15) is 0 Å². The van der Waals surface area contributed by atoms with Crippen LogP contribution in [0.3, 0.4) is 0 Å². The average molecular weight is 246 g/mol. The summed E-state index contributed by atoms with van der Waals surface area (Å²) in [5.41, 5.74) is -0.151. The number of rotatable bonds is 5. The van der Waals surface area contributed by atoms with Gasteiger partial charge >= 0.3 is 5.97 Å². The molecule has 16 heavy (non-hydrogen) atoms. The van der Waals surface area contributed by atoms with E-state index in [1.54, 1.807) is 0 Å². The summed E-state index contributed by atoms with van der Waals surface area (Å²) in [4.78, 5) is 11.2. The van der Waals surface area contributed by atoms with Gasteiger partial charge in [0.15, 0.2) is 14.6 Å². The third-order valence-electron chi connectivity index (χ3n) is 4.10. The highest BCUT2D eigenvalue weighted by molar-refractivity contribution is 7.94. The van der Waals surface area contributed by atoms with Gasteiger partial charge in [-0.05, 0) is 30.6 Å². The quantitative estimate of drug-likeness (QED) is 0.797. The van der Waals surface area contributed by atoms with Crippen molar-refractivity contribution in [1.29, 1.82) is 0 Å². The molecule has 4 nitrogen and oxygen atoms in total. The smallest absolute Gasteiger partial charge is 0.325 e. The van der Waals surface area contributed by atoms with E-state index in [0.29, 0.717) is 12.8 Å². The monoisotopic (exact) mass is 246 g/mol. The van der Waals surface area contributed by atoms with Crippen LogP contribution in [0.15, 0.2) is 0 Å². The summed E-state index contributed by atoms with van der Waals surface area (Å²) < 4.78 is 22.9. The lowest BCUT2D eigenvalue weighted by Crippen LogP contribution is -2.38. The molecule has 2 atom stereocenters. The summed E-state index contributed by atoms with van der Waals surface area (Å²) in [5, 5.41) is 9.18. The number of carboxylic acids is 1. The molecule has 2 rings (SSSR count). The van der Waals surface area contributed by atoms with Crippen molar-refractivity contribution < 1.29 is 18.3 Å². The van der Waals surface area contributed by atoms with Gasteiger partial charge < -0.3 is 5.11 Å². The molecule has 0 aliphatic heterocycles. The summed E-state index contributed by atoms with van der Waals surface area (Å²) in [5.74, 6) is -1.29. The fourth-order valence-electron chi connectivity index (χ4n) is 2.50. The summed E-state index contributed by atoms with van der Waals surface area (Å²) in [6.45, 7) is 3.77. The molecule has 0 saturated heterocycles. The van der Waals surface area contributed by atoms with Crippen molar-refractivity contribution in [3.05, 3.63) is 0 Å². The Bertz CT molecular complexity index is 421. The standard InChI is InChI=1S/C11H18O4S/c1-3-8-6-11(8,9(12)13)16(14,15)7-10(2)4-5-10/h8H,3-7H2,1-2H3,(H,12,13). The molecule has 2 fully saturated rings. The van der Waals surface area contributed by atoms with Crippen LogP contribution in [0.5, 0.6) is 0 Å². The lowest BCUT2D eigenvalue weighted by atomic mass is 10.2. The van der Waals surface area contributed by atoms with Crippen LogP contribution in [0.2, 0.25) is 0 Å². The highest BCUT2D eigenvalue weighted by atomic mass is 32.2. The van der Waals surface area contributed by atoms with Gasteiger partial charge in [0.2, 0.25) is 0 Å². The maximum absolute atomic E-state index is 12.2. The molecular weight excluding hydrogens is 228 g/mol. The van der Waals surface area contributed by atoms with E-state index in [0.717, 1.165) is 12.8 Å². The molecule has 92 valence electrons. The van der Waals surface area contributed by atoms with E-state index in [4.69, 9.17) is 0 Å². The second kappa shape index (κ2) is 3.22. The Morgan fingerprint density at radius 1 is 1.44 bits per heavy atom. The first-order valence-electron chi connectivity index (χ1n) is 5.73. The number of carbonyl (C=O) groups is 1. The fraction of sp³-hybridized carbons (Fsp3) is 0.909. The van der Waals surface area contributed by atoms with Crippen LogP contribution < -0.4 is 0 Å². The molecule has 2 unspecified atom stereocenters. The molecule has 0 spiro atoms. The number of hydrogen-bond acceptors (Lipinski definition) is 3. The molecule has 2 saturated carbocycles. The molecule has 0 bridgehead atoms. The van der Waals surface area contributed by atoms with E-state index in [1.165, 1.54) is 0 Å². The molecule has 1 N–H and O–H groups in total. The van der Waals surface area contributed by atoms with E-state index < -0.39 is 20.6 Å². The van der Waals surface area contributed by atoms with Crippen molar-refractivity contribution >= 4 is 15.8 Å². The van der Waals surface area contributed by atoms with E-state index in [9.17, 15) is 18.3 Å². The number of hydrogen-bond donors (Lipinski definition) is 1. The van der Waals surface area contributed by atoms with Crippen molar-refractivity contribution in [2.75, 3.05) is 5.75 Å². The molecule has 0 radical (unpaired) electrons. The summed E-state index contributed by atoms with van der Waals surface area (Å²) in [6, 6.07) is 0. The van der Waals surface area contributed by atoms with Crippen LogP contribution in [0.1, 0.15) is 39.5 Å². The van der Waals surface area contributed by atoms with Gasteiger partial charge in [0.05, 0.1) is 5.75 Å². The first kappa shape index (κ1) is 11.9. The van der Waals surface area contributed by atoms with Crippen molar-refractivity contribution in [2.24, 2.45) is 11.3 Å². The van der Waals surface area contributed by atoms with Gasteiger partial charge in [-0.15, -0.1) is 0 Å². The van der Waals surface area contributed by atoms with E-state index in [2.05, 4.69) is 0 Å². The van der Waals surface area contributed by atoms with Crippen LogP contribution in [-0.2, 0) is 14.6 Å². The number of carboxylic acid groups (broad SMARTS) is 1. The minimum Gasteiger partial charge on any atom is -0.480 e. The molecule has 5 heteroatoms. The van der Waals surface area contributed by atoms with Crippen molar-refractivity contribution in [1.82, 2.24) is 0 Å². The van der Waals surface area contributed by atoms with E-state index >= 15 is 0 Å². The fourth-order valence-corrected chi connectivity index (χ4v) is 5.36. The second-order valence-corrected chi connectivity index (χ2v) is 7.82. The van der Waals surface area contributed by atoms with Crippen LogP contribution in [0, 0.1) is 11.3 Å². The Kier molecular flexibility index (Phi) is 2.39. The van der Waals surface area contributed by atoms with Crippen molar-refractivity contribution in [3.63, 3.8) is 0 Å². The summed E-state index contributed by atoms with van der Waals surface area (Å²) in [7, 11) is -3.50. The summed E-state index contributed by atoms with van der Waals surface area (Å²) >= 11 is 0. The molecule has 0 aromatic carbocycles. The summed E-state index contributed by atoms with van der Waals surface area (Å²) in [6.07, 6.45) is 2.73. The highest BCUT2D eigenvalue weighted by Crippen LogP contribution is 2.56. The number of sulfone groups is 1. The zero-order valence-corrected chi connectivity index (χ0v) is 10.5. The topological polar surface area (TPSA) is 71.4 Å². The lowest BCUT2D eigenvalue weighted by Gasteiger charge is -2.16. The third kappa shape index (κ3) is 1.56. The minimum absolute atomic E-state index is 0.0444. The van der Waals surface area contributed by atoms with Crippen molar-refractivity contribution in [3.8, 4) is 0 Å². The first-order chi connectivity index (χ1) is 7.27. The zero-order valence-electron chi connectivity index (χ0n) is 9.69. The number of aliphatic carboxylic acids is 1. The van der Waals surface area contributed by atoms with Gasteiger partial charge in [-0.25, -0.2) is 8.42 Å². The largest absolute Gasteiger partial charge is 0.480 e. The highest BCUT2D eigenvalue weighted by Gasteiger charge is 2.69. The molecule has 0 aromatic rings. The lowest BCUT2D eigenvalue weighted by molar-refractivity contribution is -0.137. The molecule has 0 amide bonds. The van der Waals surface area contributed by atoms with Crippen LogP contribution in [0.25, 0.3) is 0 Å². The Hall–Kier alpha value is -0.580. The Morgan fingerprint density at radius 2 is 2.00 bits per heavy atom. The maximum Gasteiger partial charge on any atom is 0.325 e. The van der Waals surface area contributed by atoms with Gasteiger partial charge in [0.25, 0.3) is 0 Å². The third-order valence-corrected chi connectivity index (χ3v) is 6.96. The normalized spacial score (nSPS) is 35.8. The first-order valence-corrected chi connectivity index (χ1v) is 7.38. The Morgan fingerprint density at radius 3 is 2.31 bits per heavy atom. The molecular formula is C11H18O4S. The Balaban J connectivity index is 2.25. The Labute approximate surface area is 96.0 Å². The van der Waals surface area contributed by atoms with Gasteiger partial charge in [-0.3, -0.25) is 4.79 Å². The minimum atomic E-state index is -3.50. The predicted molar refractivity (Wildman–Crippen MR) is 59.9 cm³/mol. The van der Waals surface area contributed by atoms with Crippen LogP contribution >= 0.6 is 0 Å². The van der Waals surface area contributed by atoms with E-state index in [1.807, 2.05) is 13.8 Å².